The molecule has 1 amide bonds. The fourth-order valence-electron chi connectivity index (χ4n) is 4.74. The molecule has 1 aliphatic heterocycles. The van der Waals surface area contributed by atoms with Crippen LogP contribution in [0.4, 0.5) is 10.7 Å². The van der Waals surface area contributed by atoms with Crippen LogP contribution in [0.2, 0.25) is 0 Å². The number of rotatable bonds is 9. The molecule has 2 N–H and O–H groups in total. The number of carbonyl (C=O) groups is 2. The molecule has 3 aromatic carbocycles. The monoisotopic (exact) mass is 589 g/mol. The van der Waals surface area contributed by atoms with Crippen molar-refractivity contribution in [2.45, 2.75) is 38.3 Å². The van der Waals surface area contributed by atoms with E-state index < -0.39 is 21.9 Å². The van der Waals surface area contributed by atoms with Gasteiger partial charge in [-0.25, -0.2) is 13.2 Å². The van der Waals surface area contributed by atoms with E-state index in [9.17, 15) is 18.0 Å². The standard InChI is InChI=1S/C31H31N3O5S2/c1-3-39-31(36)28-26-17-18-34(19-22-7-5-4-6-8-22)20-27(26)40-30(28)32-29(35)23-11-13-24(14-12-23)33-41(37,38)25-15-9-21(2)10-16-25/h4-16,33H,3,17-20H2,1-2H3,(H,32,35). The Morgan fingerprint density at radius 2 is 1.68 bits per heavy atom. The molecule has 0 spiro atoms. The lowest BCUT2D eigenvalue weighted by molar-refractivity contribution is 0.0526. The van der Waals surface area contributed by atoms with Crippen molar-refractivity contribution in [2.75, 3.05) is 23.2 Å². The van der Waals surface area contributed by atoms with Gasteiger partial charge in [0.25, 0.3) is 15.9 Å². The molecular formula is C31H31N3O5S2. The van der Waals surface area contributed by atoms with E-state index in [1.807, 2.05) is 25.1 Å². The molecule has 0 radical (unpaired) electrons. The number of carbonyl (C=O) groups excluding carboxylic acids is 2. The summed E-state index contributed by atoms with van der Waals surface area (Å²) >= 11 is 1.40. The Bertz CT molecular complexity index is 1650. The Balaban J connectivity index is 1.32. The first-order valence-electron chi connectivity index (χ1n) is 13.3. The maximum absolute atomic E-state index is 13.2. The molecule has 0 bridgehead atoms. The fraction of sp³-hybridized carbons (Fsp3) is 0.226. The second-order valence-electron chi connectivity index (χ2n) is 9.82. The van der Waals surface area contributed by atoms with Crippen LogP contribution in [-0.4, -0.2) is 38.3 Å². The van der Waals surface area contributed by atoms with E-state index >= 15 is 0 Å². The molecule has 212 valence electrons. The smallest absolute Gasteiger partial charge is 0.341 e. The first kappa shape index (κ1) is 28.5. The molecular weight excluding hydrogens is 558 g/mol. The summed E-state index contributed by atoms with van der Waals surface area (Å²) in [5.74, 6) is -0.846. The number of benzene rings is 3. The first-order chi connectivity index (χ1) is 19.7. The van der Waals surface area contributed by atoms with Gasteiger partial charge in [-0.15, -0.1) is 11.3 Å². The highest BCUT2D eigenvalue weighted by atomic mass is 32.2. The maximum atomic E-state index is 13.2. The minimum Gasteiger partial charge on any atom is -0.462 e. The van der Waals surface area contributed by atoms with Crippen LogP contribution in [0.3, 0.4) is 0 Å². The predicted molar refractivity (Wildman–Crippen MR) is 161 cm³/mol. The highest BCUT2D eigenvalue weighted by molar-refractivity contribution is 7.92. The third-order valence-corrected chi connectivity index (χ3v) is 9.35. The Labute approximate surface area is 244 Å². The van der Waals surface area contributed by atoms with Crippen molar-refractivity contribution < 1.29 is 22.7 Å². The van der Waals surface area contributed by atoms with Crippen LogP contribution in [0.25, 0.3) is 0 Å². The van der Waals surface area contributed by atoms with Gasteiger partial charge in [-0.3, -0.25) is 14.4 Å². The molecule has 10 heteroatoms. The third-order valence-electron chi connectivity index (χ3n) is 6.82. The van der Waals surface area contributed by atoms with Gasteiger partial charge in [0.2, 0.25) is 0 Å². The molecule has 0 saturated carbocycles. The van der Waals surface area contributed by atoms with Gasteiger partial charge < -0.3 is 10.1 Å². The number of aryl methyl sites for hydroxylation is 1. The number of fused-ring (bicyclic) bond motifs is 1. The van der Waals surface area contributed by atoms with Crippen molar-refractivity contribution in [3.05, 3.63) is 112 Å². The summed E-state index contributed by atoms with van der Waals surface area (Å²) in [7, 11) is -3.76. The van der Waals surface area contributed by atoms with Crippen LogP contribution >= 0.6 is 11.3 Å². The number of esters is 1. The molecule has 0 unspecified atom stereocenters. The van der Waals surface area contributed by atoms with E-state index in [-0.39, 0.29) is 11.5 Å². The molecule has 0 aliphatic carbocycles. The van der Waals surface area contributed by atoms with Crippen molar-refractivity contribution >= 4 is 43.9 Å². The number of sulfonamides is 1. The SMILES string of the molecule is CCOC(=O)c1c(NC(=O)c2ccc(NS(=O)(=O)c3ccc(C)cc3)cc2)sc2c1CCN(Cc1ccccc1)C2. The van der Waals surface area contributed by atoms with Crippen LogP contribution in [0, 0.1) is 6.92 Å². The summed E-state index contributed by atoms with van der Waals surface area (Å²) in [6, 6.07) is 22.9. The van der Waals surface area contributed by atoms with Gasteiger partial charge in [-0.1, -0.05) is 48.0 Å². The number of ether oxygens (including phenoxy) is 1. The molecule has 5 rings (SSSR count). The van der Waals surface area contributed by atoms with Gasteiger partial charge in [-0.05, 0) is 67.8 Å². The Kier molecular flexibility index (Phi) is 8.53. The van der Waals surface area contributed by atoms with Gasteiger partial charge >= 0.3 is 5.97 Å². The van der Waals surface area contributed by atoms with E-state index in [0.29, 0.717) is 34.8 Å². The van der Waals surface area contributed by atoms with E-state index in [0.717, 1.165) is 29.1 Å². The number of hydrogen-bond donors (Lipinski definition) is 2. The average molecular weight is 590 g/mol. The number of hydrogen-bond acceptors (Lipinski definition) is 7. The number of nitrogens with zero attached hydrogens (tertiary/aromatic N) is 1. The van der Waals surface area contributed by atoms with Crippen LogP contribution in [0.15, 0.2) is 83.8 Å². The minimum atomic E-state index is -3.76. The Morgan fingerprint density at radius 1 is 0.976 bits per heavy atom. The van der Waals surface area contributed by atoms with Crippen molar-refractivity contribution in [2.24, 2.45) is 0 Å². The normalized spacial score (nSPS) is 13.3. The lowest BCUT2D eigenvalue weighted by atomic mass is 10.0. The van der Waals surface area contributed by atoms with E-state index in [2.05, 4.69) is 27.1 Å². The van der Waals surface area contributed by atoms with Gasteiger partial charge in [0.1, 0.15) is 5.00 Å². The lowest BCUT2D eigenvalue weighted by Crippen LogP contribution is -2.29. The molecule has 0 atom stereocenters. The molecule has 2 heterocycles. The number of thiophene rings is 1. The zero-order valence-electron chi connectivity index (χ0n) is 22.8. The van der Waals surface area contributed by atoms with E-state index in [4.69, 9.17) is 4.74 Å². The van der Waals surface area contributed by atoms with Crippen LogP contribution < -0.4 is 10.0 Å². The Morgan fingerprint density at radius 3 is 2.37 bits per heavy atom. The summed E-state index contributed by atoms with van der Waals surface area (Å²) in [6.45, 7) is 6.14. The molecule has 1 aromatic heterocycles. The molecule has 0 fully saturated rings. The van der Waals surface area contributed by atoms with Crippen molar-refractivity contribution in [3.63, 3.8) is 0 Å². The highest BCUT2D eigenvalue weighted by Crippen LogP contribution is 2.38. The zero-order valence-corrected chi connectivity index (χ0v) is 24.5. The van der Waals surface area contributed by atoms with Crippen LogP contribution in [-0.2, 0) is 34.3 Å². The number of nitrogens with one attached hydrogen (secondary N) is 2. The summed E-state index contributed by atoms with van der Waals surface area (Å²) in [5, 5.41) is 3.37. The molecule has 8 nitrogen and oxygen atoms in total. The fourth-order valence-corrected chi connectivity index (χ4v) is 7.07. The van der Waals surface area contributed by atoms with Crippen molar-refractivity contribution in [1.82, 2.24) is 4.90 Å². The predicted octanol–water partition coefficient (Wildman–Crippen LogP) is 5.84. The summed E-state index contributed by atoms with van der Waals surface area (Å²) in [4.78, 5) is 29.7. The highest BCUT2D eigenvalue weighted by Gasteiger charge is 2.30. The third kappa shape index (κ3) is 6.67. The second kappa shape index (κ2) is 12.3. The largest absolute Gasteiger partial charge is 0.462 e. The van der Waals surface area contributed by atoms with Gasteiger partial charge in [0.15, 0.2) is 0 Å². The maximum Gasteiger partial charge on any atom is 0.341 e. The quantitative estimate of drug-likeness (QED) is 0.238. The molecule has 1 aliphatic rings. The summed E-state index contributed by atoms with van der Waals surface area (Å²) in [6.07, 6.45) is 0.679. The van der Waals surface area contributed by atoms with Gasteiger partial charge in [0.05, 0.1) is 17.1 Å². The topological polar surface area (TPSA) is 105 Å². The van der Waals surface area contributed by atoms with Gasteiger partial charge in [0, 0.05) is 35.8 Å². The van der Waals surface area contributed by atoms with E-state index in [1.54, 1.807) is 43.3 Å². The van der Waals surface area contributed by atoms with E-state index in [1.165, 1.54) is 29.0 Å². The van der Waals surface area contributed by atoms with Crippen LogP contribution in [0.5, 0.6) is 0 Å². The molecule has 0 saturated heterocycles. The van der Waals surface area contributed by atoms with Crippen LogP contribution in [0.1, 0.15) is 49.2 Å². The van der Waals surface area contributed by atoms with Crippen molar-refractivity contribution in [1.29, 1.82) is 0 Å². The summed E-state index contributed by atoms with van der Waals surface area (Å²) in [5.41, 5.74) is 4.18. The average Bonchev–Trinajstić information content (AvgIpc) is 3.31. The number of anilines is 2. The summed E-state index contributed by atoms with van der Waals surface area (Å²) < 4.78 is 33.3. The zero-order chi connectivity index (χ0) is 29.0. The second-order valence-corrected chi connectivity index (χ2v) is 12.6. The minimum absolute atomic E-state index is 0.153. The van der Waals surface area contributed by atoms with Gasteiger partial charge in [-0.2, -0.15) is 0 Å². The molecule has 41 heavy (non-hydrogen) atoms. The number of amides is 1. The van der Waals surface area contributed by atoms with Crippen molar-refractivity contribution in [3.8, 4) is 0 Å². The Hall–Kier alpha value is -3.99. The first-order valence-corrected chi connectivity index (χ1v) is 15.6. The molecule has 4 aromatic rings. The lowest BCUT2D eigenvalue weighted by Gasteiger charge is -2.27.